The van der Waals surface area contributed by atoms with Gasteiger partial charge in [0.2, 0.25) is 0 Å². The number of thiophene rings is 1. The van der Waals surface area contributed by atoms with E-state index in [1.54, 1.807) is 19.2 Å². The van der Waals surface area contributed by atoms with E-state index >= 15 is 0 Å². The molecule has 0 N–H and O–H groups in total. The summed E-state index contributed by atoms with van der Waals surface area (Å²) in [6.07, 6.45) is 0. The van der Waals surface area contributed by atoms with Crippen LogP contribution in [0.15, 0.2) is 54.6 Å². The first-order valence-corrected chi connectivity index (χ1v) is 8.48. The Kier molecular flexibility index (Phi) is 5.09. The Hall–Kier alpha value is -2.73. The van der Waals surface area contributed by atoms with Gasteiger partial charge in [-0.25, -0.2) is 9.18 Å². The van der Waals surface area contributed by atoms with E-state index in [2.05, 4.69) is 0 Å². The maximum Gasteiger partial charge on any atom is 0.348 e. The number of carbonyl (C=O) groups excluding carboxylic acids is 2. The third kappa shape index (κ3) is 4.22. The van der Waals surface area contributed by atoms with Gasteiger partial charge >= 0.3 is 5.97 Å². The lowest BCUT2D eigenvalue weighted by molar-refractivity contribution is -0.133. The average Bonchev–Trinajstić information content (AvgIpc) is 3.03. The molecule has 0 aliphatic rings. The van der Waals surface area contributed by atoms with Crippen molar-refractivity contribution in [2.24, 2.45) is 0 Å². The number of carbonyl (C=O) groups is 2. The van der Waals surface area contributed by atoms with Crippen molar-refractivity contribution in [3.63, 3.8) is 0 Å². The number of halogens is 1. The van der Waals surface area contributed by atoms with Crippen LogP contribution >= 0.6 is 11.3 Å². The first-order chi connectivity index (χ1) is 12.0. The number of ether oxygens (including phenoxy) is 1. The van der Waals surface area contributed by atoms with E-state index in [-0.39, 0.29) is 18.3 Å². The van der Waals surface area contributed by atoms with Crippen molar-refractivity contribution in [3.8, 4) is 0 Å². The fraction of sp³-hybridized carbons (Fsp3) is 0.158. The lowest BCUT2D eigenvalue weighted by Gasteiger charge is -2.17. The topological polar surface area (TPSA) is 46.6 Å². The third-order valence-electron chi connectivity index (χ3n) is 3.69. The minimum atomic E-state index is -0.580. The Morgan fingerprint density at radius 2 is 1.88 bits per heavy atom. The van der Waals surface area contributed by atoms with Crippen molar-refractivity contribution in [2.75, 3.05) is 13.7 Å². The highest BCUT2D eigenvalue weighted by molar-refractivity contribution is 7.20. The maximum atomic E-state index is 13.2. The Morgan fingerprint density at radius 1 is 1.12 bits per heavy atom. The number of esters is 1. The highest BCUT2D eigenvalue weighted by Crippen LogP contribution is 2.26. The molecular weight excluding hydrogens is 341 g/mol. The third-order valence-corrected chi connectivity index (χ3v) is 4.79. The summed E-state index contributed by atoms with van der Waals surface area (Å²) in [5.74, 6) is -1.23. The van der Waals surface area contributed by atoms with E-state index < -0.39 is 5.97 Å². The molecule has 25 heavy (non-hydrogen) atoms. The first-order valence-electron chi connectivity index (χ1n) is 7.67. The Bertz CT molecular complexity index is 907. The fourth-order valence-corrected chi connectivity index (χ4v) is 3.31. The number of hydrogen-bond acceptors (Lipinski definition) is 4. The predicted octanol–water partition coefficient (Wildman–Crippen LogP) is 3.86. The average molecular weight is 357 g/mol. The number of rotatable bonds is 5. The van der Waals surface area contributed by atoms with Crippen LogP contribution in [-0.4, -0.2) is 30.4 Å². The lowest BCUT2D eigenvalue weighted by Crippen LogP contribution is -2.30. The molecule has 0 fully saturated rings. The van der Waals surface area contributed by atoms with Crippen LogP contribution in [0.2, 0.25) is 0 Å². The molecule has 0 radical (unpaired) electrons. The lowest BCUT2D eigenvalue weighted by atomic mass is 10.2. The van der Waals surface area contributed by atoms with Crippen molar-refractivity contribution >= 4 is 33.3 Å². The van der Waals surface area contributed by atoms with Gasteiger partial charge in [-0.2, -0.15) is 0 Å². The number of nitrogens with zero attached hydrogens (tertiary/aromatic N) is 1. The summed E-state index contributed by atoms with van der Waals surface area (Å²) in [4.78, 5) is 26.1. The van der Waals surface area contributed by atoms with Crippen molar-refractivity contribution in [3.05, 3.63) is 70.9 Å². The highest BCUT2D eigenvalue weighted by Gasteiger charge is 2.16. The molecule has 0 saturated carbocycles. The number of benzene rings is 2. The maximum absolute atomic E-state index is 13.2. The zero-order valence-corrected chi connectivity index (χ0v) is 14.4. The standard InChI is InChI=1S/C19H16FNO3S/c1-21(11-13-5-3-2-4-6-13)18(22)12-24-19(23)17-10-14-9-15(20)7-8-16(14)25-17/h2-10H,11-12H2,1H3. The van der Waals surface area contributed by atoms with Crippen molar-refractivity contribution in [1.82, 2.24) is 4.90 Å². The van der Waals surface area contributed by atoms with Gasteiger partial charge in [-0.1, -0.05) is 30.3 Å². The number of fused-ring (bicyclic) bond motifs is 1. The van der Waals surface area contributed by atoms with Gasteiger partial charge in [-0.3, -0.25) is 4.79 Å². The number of hydrogen-bond donors (Lipinski definition) is 0. The van der Waals surface area contributed by atoms with Gasteiger partial charge in [-0.15, -0.1) is 11.3 Å². The van der Waals surface area contributed by atoms with E-state index in [9.17, 15) is 14.0 Å². The SMILES string of the molecule is CN(Cc1ccccc1)C(=O)COC(=O)c1cc2cc(F)ccc2s1. The van der Waals surface area contributed by atoms with E-state index in [1.165, 1.54) is 28.4 Å². The largest absolute Gasteiger partial charge is 0.451 e. The second kappa shape index (κ2) is 7.44. The van der Waals surface area contributed by atoms with E-state index in [1.807, 2.05) is 30.3 Å². The molecule has 2 aromatic carbocycles. The molecule has 0 saturated heterocycles. The molecule has 6 heteroatoms. The van der Waals surface area contributed by atoms with Crippen LogP contribution in [0.4, 0.5) is 4.39 Å². The van der Waals surface area contributed by atoms with Crippen molar-refractivity contribution < 1.29 is 18.7 Å². The van der Waals surface area contributed by atoms with Gasteiger partial charge in [0.25, 0.3) is 5.91 Å². The summed E-state index contributed by atoms with van der Waals surface area (Å²) in [6.45, 7) is 0.115. The first kappa shape index (κ1) is 17.1. The fourth-order valence-electron chi connectivity index (χ4n) is 2.37. The summed E-state index contributed by atoms with van der Waals surface area (Å²) < 4.78 is 19.1. The van der Waals surface area contributed by atoms with Crippen LogP contribution in [0, 0.1) is 5.82 Å². The molecule has 4 nitrogen and oxygen atoms in total. The van der Waals surface area contributed by atoms with Crippen LogP contribution in [0.3, 0.4) is 0 Å². The zero-order valence-electron chi connectivity index (χ0n) is 13.6. The van der Waals surface area contributed by atoms with Crippen LogP contribution < -0.4 is 0 Å². The van der Waals surface area contributed by atoms with Crippen LogP contribution in [-0.2, 0) is 16.1 Å². The summed E-state index contributed by atoms with van der Waals surface area (Å²) >= 11 is 1.21. The van der Waals surface area contributed by atoms with E-state index in [0.717, 1.165) is 10.3 Å². The summed E-state index contributed by atoms with van der Waals surface area (Å²) in [5.41, 5.74) is 0.996. The molecule has 0 spiro atoms. The minimum absolute atomic E-state index is 0.288. The summed E-state index contributed by atoms with van der Waals surface area (Å²) in [7, 11) is 1.66. The summed E-state index contributed by atoms with van der Waals surface area (Å²) in [5, 5.41) is 0.643. The monoisotopic (exact) mass is 357 g/mol. The molecule has 3 rings (SSSR count). The number of likely N-dealkylation sites (N-methyl/N-ethyl adjacent to an activating group) is 1. The van der Waals surface area contributed by atoms with Crippen LogP contribution in [0.1, 0.15) is 15.2 Å². The van der Waals surface area contributed by atoms with Crippen molar-refractivity contribution in [1.29, 1.82) is 0 Å². The molecule has 1 aromatic heterocycles. The molecule has 1 amide bonds. The van der Waals surface area contributed by atoms with Gasteiger partial charge in [-0.05, 0) is 35.2 Å². The van der Waals surface area contributed by atoms with Gasteiger partial charge in [0.15, 0.2) is 6.61 Å². The molecule has 3 aromatic rings. The second-order valence-electron chi connectivity index (χ2n) is 5.60. The van der Waals surface area contributed by atoms with Gasteiger partial charge < -0.3 is 9.64 Å². The van der Waals surface area contributed by atoms with E-state index in [0.29, 0.717) is 16.8 Å². The van der Waals surface area contributed by atoms with Crippen molar-refractivity contribution in [2.45, 2.75) is 6.54 Å². The molecule has 0 aliphatic carbocycles. The van der Waals surface area contributed by atoms with E-state index in [4.69, 9.17) is 4.74 Å². The van der Waals surface area contributed by atoms with Gasteiger partial charge in [0.1, 0.15) is 10.7 Å². The highest BCUT2D eigenvalue weighted by atomic mass is 32.1. The Labute approximate surface area is 148 Å². The van der Waals surface area contributed by atoms with Gasteiger partial charge in [0.05, 0.1) is 0 Å². The molecule has 1 heterocycles. The smallest absolute Gasteiger partial charge is 0.348 e. The normalized spacial score (nSPS) is 10.6. The quantitative estimate of drug-likeness (QED) is 0.652. The predicted molar refractivity (Wildman–Crippen MR) is 95.0 cm³/mol. The molecule has 0 unspecified atom stereocenters. The van der Waals surface area contributed by atoms with Crippen LogP contribution in [0.25, 0.3) is 10.1 Å². The number of amides is 1. The molecule has 0 atom stereocenters. The molecule has 0 bridgehead atoms. The molecule has 0 aliphatic heterocycles. The molecular formula is C19H16FNO3S. The Balaban J connectivity index is 1.58. The van der Waals surface area contributed by atoms with Gasteiger partial charge in [0, 0.05) is 18.3 Å². The van der Waals surface area contributed by atoms with Crippen LogP contribution in [0.5, 0.6) is 0 Å². The molecule has 128 valence electrons. The second-order valence-corrected chi connectivity index (χ2v) is 6.69. The zero-order chi connectivity index (χ0) is 17.8. The minimum Gasteiger partial charge on any atom is -0.451 e. The Morgan fingerprint density at radius 3 is 2.64 bits per heavy atom. The summed E-state index contributed by atoms with van der Waals surface area (Å²) in [6, 6.07) is 15.4.